The topological polar surface area (TPSA) is 43.4 Å². The Hall–Kier alpha value is -0.670. The van der Waals surface area contributed by atoms with Gasteiger partial charge in [0.25, 0.3) is 0 Å². The molecule has 0 heterocycles. The van der Waals surface area contributed by atoms with Crippen LogP contribution in [0.25, 0.3) is 0 Å². The fourth-order valence-electron chi connectivity index (χ4n) is 1.92. The molecule has 2 rings (SSSR count). The van der Waals surface area contributed by atoms with Gasteiger partial charge in [0.1, 0.15) is 0 Å². The maximum absolute atomic E-state index is 12.8. The van der Waals surface area contributed by atoms with Crippen LogP contribution in [0.5, 0.6) is 0 Å². The van der Waals surface area contributed by atoms with E-state index < -0.39 is 5.97 Å². The van der Waals surface area contributed by atoms with Crippen molar-refractivity contribution in [1.82, 2.24) is 0 Å². The SMILES string of the molecule is CCOC(=O)c1cc(I)cc(I)c1C(=O)c1ccc(Cl)cc1. The number of carbonyl (C=O) groups excluding carboxylic acids is 2. The van der Waals surface area contributed by atoms with E-state index in [2.05, 4.69) is 45.2 Å². The predicted molar refractivity (Wildman–Crippen MR) is 103 cm³/mol. The number of ether oxygens (including phenoxy) is 1. The van der Waals surface area contributed by atoms with E-state index in [4.69, 9.17) is 16.3 Å². The summed E-state index contributed by atoms with van der Waals surface area (Å²) in [6, 6.07) is 10.1. The summed E-state index contributed by atoms with van der Waals surface area (Å²) < 4.78 is 6.65. The molecule has 22 heavy (non-hydrogen) atoms. The molecule has 2 aromatic carbocycles. The van der Waals surface area contributed by atoms with Gasteiger partial charge in [-0.15, -0.1) is 0 Å². The van der Waals surface area contributed by atoms with E-state index in [1.807, 2.05) is 6.07 Å². The Bertz CT molecular complexity index is 727. The van der Waals surface area contributed by atoms with Gasteiger partial charge in [0, 0.05) is 17.7 Å². The summed E-state index contributed by atoms with van der Waals surface area (Å²) in [5, 5.41) is 0.555. The van der Waals surface area contributed by atoms with Crippen LogP contribution in [-0.2, 0) is 4.74 Å². The average molecular weight is 541 g/mol. The molecular weight excluding hydrogens is 529 g/mol. The summed E-state index contributed by atoms with van der Waals surface area (Å²) in [7, 11) is 0. The number of carbonyl (C=O) groups is 2. The lowest BCUT2D eigenvalue weighted by Crippen LogP contribution is -2.15. The Balaban J connectivity index is 2.55. The quantitative estimate of drug-likeness (QED) is 0.313. The summed E-state index contributed by atoms with van der Waals surface area (Å²) in [5.41, 5.74) is 1.13. The lowest BCUT2D eigenvalue weighted by Gasteiger charge is -2.11. The molecule has 2 aromatic rings. The zero-order chi connectivity index (χ0) is 16.3. The molecular formula is C16H11ClI2O3. The Labute approximate surface area is 160 Å². The molecule has 0 aliphatic rings. The van der Waals surface area contributed by atoms with Gasteiger partial charge in [-0.2, -0.15) is 0 Å². The highest BCUT2D eigenvalue weighted by Gasteiger charge is 2.23. The Kier molecular flexibility index (Phi) is 6.22. The molecule has 0 radical (unpaired) electrons. The second-order valence-electron chi connectivity index (χ2n) is 4.37. The van der Waals surface area contributed by atoms with E-state index in [1.54, 1.807) is 37.3 Å². The molecule has 0 atom stereocenters. The van der Waals surface area contributed by atoms with Crippen molar-refractivity contribution in [2.75, 3.05) is 6.61 Å². The van der Waals surface area contributed by atoms with Crippen molar-refractivity contribution < 1.29 is 14.3 Å². The normalized spacial score (nSPS) is 10.4. The van der Waals surface area contributed by atoms with Crippen molar-refractivity contribution in [3.05, 3.63) is 65.3 Å². The van der Waals surface area contributed by atoms with Crippen LogP contribution < -0.4 is 0 Å². The van der Waals surface area contributed by atoms with Crippen LogP contribution in [0.2, 0.25) is 5.02 Å². The number of esters is 1. The van der Waals surface area contributed by atoms with Crippen molar-refractivity contribution in [3.63, 3.8) is 0 Å². The van der Waals surface area contributed by atoms with E-state index in [0.717, 1.165) is 3.57 Å². The van der Waals surface area contributed by atoms with Gasteiger partial charge in [0.05, 0.1) is 17.7 Å². The molecule has 114 valence electrons. The third-order valence-electron chi connectivity index (χ3n) is 2.88. The van der Waals surface area contributed by atoms with Crippen LogP contribution in [0, 0.1) is 7.14 Å². The third-order valence-corrected chi connectivity index (χ3v) is 4.61. The fourth-order valence-corrected chi connectivity index (χ4v) is 4.14. The zero-order valence-corrected chi connectivity index (χ0v) is 16.6. The largest absolute Gasteiger partial charge is 0.462 e. The second-order valence-corrected chi connectivity index (χ2v) is 7.21. The van der Waals surface area contributed by atoms with Crippen LogP contribution in [0.1, 0.15) is 33.2 Å². The first kappa shape index (κ1) is 17.7. The molecule has 0 saturated heterocycles. The van der Waals surface area contributed by atoms with Crippen molar-refractivity contribution in [2.45, 2.75) is 6.92 Å². The molecule has 0 aromatic heterocycles. The molecule has 3 nitrogen and oxygen atoms in total. The summed E-state index contributed by atoms with van der Waals surface area (Å²) in [6.07, 6.45) is 0. The van der Waals surface area contributed by atoms with Gasteiger partial charge in [0.2, 0.25) is 0 Å². The van der Waals surface area contributed by atoms with Crippen molar-refractivity contribution >= 4 is 68.5 Å². The fraction of sp³-hybridized carbons (Fsp3) is 0.125. The van der Waals surface area contributed by atoms with Gasteiger partial charge in [-0.25, -0.2) is 4.79 Å². The van der Waals surface area contributed by atoms with Crippen LogP contribution in [0.3, 0.4) is 0 Å². The molecule has 6 heteroatoms. The summed E-state index contributed by atoms with van der Waals surface area (Å²) in [5.74, 6) is -0.711. The number of hydrogen-bond acceptors (Lipinski definition) is 3. The lowest BCUT2D eigenvalue weighted by atomic mass is 9.98. The molecule has 0 unspecified atom stereocenters. The molecule has 0 saturated carbocycles. The van der Waals surface area contributed by atoms with Crippen LogP contribution >= 0.6 is 56.8 Å². The highest BCUT2D eigenvalue weighted by atomic mass is 127. The van der Waals surface area contributed by atoms with Gasteiger partial charge < -0.3 is 4.74 Å². The highest BCUT2D eigenvalue weighted by molar-refractivity contribution is 14.1. The third kappa shape index (κ3) is 3.99. The summed E-state index contributed by atoms with van der Waals surface area (Å²) in [6.45, 7) is 1.99. The van der Waals surface area contributed by atoms with E-state index in [1.165, 1.54) is 0 Å². The highest BCUT2D eigenvalue weighted by Crippen LogP contribution is 2.25. The minimum absolute atomic E-state index is 0.222. The van der Waals surface area contributed by atoms with Crippen LogP contribution in [0.4, 0.5) is 0 Å². The minimum atomic E-state index is -0.490. The Morgan fingerprint density at radius 2 is 1.77 bits per heavy atom. The van der Waals surface area contributed by atoms with Crippen molar-refractivity contribution in [3.8, 4) is 0 Å². The second kappa shape index (κ2) is 7.74. The van der Waals surface area contributed by atoms with Gasteiger partial charge >= 0.3 is 5.97 Å². The first-order valence-corrected chi connectivity index (χ1v) is 8.94. The van der Waals surface area contributed by atoms with E-state index in [-0.39, 0.29) is 18.0 Å². The minimum Gasteiger partial charge on any atom is -0.462 e. The van der Waals surface area contributed by atoms with Gasteiger partial charge in [-0.3, -0.25) is 4.79 Å². The van der Waals surface area contributed by atoms with E-state index in [0.29, 0.717) is 19.7 Å². The van der Waals surface area contributed by atoms with Gasteiger partial charge in [-0.1, -0.05) is 11.6 Å². The molecule has 0 bridgehead atoms. The molecule has 0 aliphatic carbocycles. The van der Waals surface area contributed by atoms with Gasteiger partial charge in [0.15, 0.2) is 5.78 Å². The van der Waals surface area contributed by atoms with Gasteiger partial charge in [-0.05, 0) is 88.5 Å². The van der Waals surface area contributed by atoms with E-state index >= 15 is 0 Å². The maximum Gasteiger partial charge on any atom is 0.338 e. The summed E-state index contributed by atoms with van der Waals surface area (Å²) in [4.78, 5) is 24.9. The first-order valence-electron chi connectivity index (χ1n) is 6.40. The number of ketones is 1. The van der Waals surface area contributed by atoms with Crippen molar-refractivity contribution in [2.24, 2.45) is 0 Å². The average Bonchev–Trinajstić information content (AvgIpc) is 2.47. The summed E-state index contributed by atoms with van der Waals surface area (Å²) >= 11 is 10.0. The molecule has 0 N–H and O–H groups in total. The molecule has 0 amide bonds. The number of benzene rings is 2. The molecule has 0 spiro atoms. The Morgan fingerprint density at radius 3 is 2.36 bits per heavy atom. The smallest absolute Gasteiger partial charge is 0.338 e. The van der Waals surface area contributed by atoms with Crippen LogP contribution in [0.15, 0.2) is 36.4 Å². The predicted octanol–water partition coefficient (Wildman–Crippen LogP) is 4.96. The van der Waals surface area contributed by atoms with Crippen molar-refractivity contribution in [1.29, 1.82) is 0 Å². The molecule has 0 aliphatic heterocycles. The Morgan fingerprint density at radius 1 is 1.14 bits per heavy atom. The number of halogens is 3. The van der Waals surface area contributed by atoms with E-state index in [9.17, 15) is 9.59 Å². The maximum atomic E-state index is 12.8. The number of rotatable bonds is 4. The lowest BCUT2D eigenvalue weighted by molar-refractivity contribution is 0.0523. The zero-order valence-electron chi connectivity index (χ0n) is 11.5. The molecule has 0 fully saturated rings. The first-order chi connectivity index (χ1) is 10.4. The number of hydrogen-bond donors (Lipinski definition) is 0. The standard InChI is InChI=1S/C16H11ClI2O3/c1-2-22-16(21)12-7-11(18)8-13(19)14(12)15(20)9-3-5-10(17)6-4-9/h3-8H,2H2,1H3. The van der Waals surface area contributed by atoms with Crippen LogP contribution in [-0.4, -0.2) is 18.4 Å². The monoisotopic (exact) mass is 540 g/mol.